The zero-order chi connectivity index (χ0) is 12.2. The predicted octanol–water partition coefficient (Wildman–Crippen LogP) is 5.36. The van der Waals surface area contributed by atoms with E-state index in [0.29, 0.717) is 0 Å². The van der Waals surface area contributed by atoms with E-state index < -0.39 is 0 Å². The first-order chi connectivity index (χ1) is 8.00. The highest BCUT2D eigenvalue weighted by atomic mass is 127. The van der Waals surface area contributed by atoms with E-state index in [9.17, 15) is 0 Å². The van der Waals surface area contributed by atoms with E-state index in [2.05, 4.69) is 88.8 Å². The van der Waals surface area contributed by atoms with Crippen molar-refractivity contribution in [3.63, 3.8) is 0 Å². The van der Waals surface area contributed by atoms with E-state index in [4.69, 9.17) is 0 Å². The Labute approximate surface area is 124 Å². The molecule has 0 amide bonds. The molecule has 0 atom stereocenters. The van der Waals surface area contributed by atoms with Crippen LogP contribution in [0.3, 0.4) is 0 Å². The van der Waals surface area contributed by atoms with E-state index in [1.54, 1.807) is 0 Å². The van der Waals surface area contributed by atoms with Crippen molar-refractivity contribution < 1.29 is 0 Å². The van der Waals surface area contributed by atoms with E-state index in [1.165, 1.54) is 25.8 Å². The Kier molecular flexibility index (Phi) is 2.63. The van der Waals surface area contributed by atoms with Gasteiger partial charge >= 0.3 is 0 Å². The van der Waals surface area contributed by atoms with Crippen molar-refractivity contribution in [1.29, 1.82) is 0 Å². The molecule has 0 aromatic heterocycles. The summed E-state index contributed by atoms with van der Waals surface area (Å²) in [6.07, 6.45) is 0. The van der Waals surface area contributed by atoms with Crippen LogP contribution < -0.4 is 0 Å². The Hall–Kier alpha value is -0.350. The van der Waals surface area contributed by atoms with Crippen LogP contribution >= 0.6 is 38.5 Å². The van der Waals surface area contributed by atoms with Gasteiger partial charge in [-0.05, 0) is 69.1 Å². The number of hydrogen-bond acceptors (Lipinski definition) is 0. The van der Waals surface area contributed by atoms with E-state index in [-0.39, 0.29) is 5.41 Å². The topological polar surface area (TPSA) is 0 Å². The van der Waals surface area contributed by atoms with Crippen LogP contribution in [0.2, 0.25) is 0 Å². The molecule has 0 bridgehead atoms. The SMILES string of the molecule is CC1(C)c2ccc(Br)cc2-c2ccc(I)cc21. The van der Waals surface area contributed by atoms with Gasteiger partial charge in [0.1, 0.15) is 0 Å². The monoisotopic (exact) mass is 398 g/mol. The quantitative estimate of drug-likeness (QED) is 0.524. The third-order valence-electron chi connectivity index (χ3n) is 3.60. The van der Waals surface area contributed by atoms with Gasteiger partial charge in [-0.15, -0.1) is 0 Å². The van der Waals surface area contributed by atoms with Crippen LogP contribution in [0.1, 0.15) is 25.0 Å². The fraction of sp³-hybridized carbons (Fsp3) is 0.200. The average Bonchev–Trinajstić information content (AvgIpc) is 2.48. The van der Waals surface area contributed by atoms with Crippen molar-refractivity contribution in [2.24, 2.45) is 0 Å². The smallest absolute Gasteiger partial charge is 0.0181 e. The molecule has 86 valence electrons. The lowest BCUT2D eigenvalue weighted by molar-refractivity contribution is 0.660. The van der Waals surface area contributed by atoms with Crippen molar-refractivity contribution in [2.45, 2.75) is 19.3 Å². The van der Waals surface area contributed by atoms with Gasteiger partial charge in [0, 0.05) is 13.5 Å². The highest BCUT2D eigenvalue weighted by Crippen LogP contribution is 2.49. The Morgan fingerprint density at radius 1 is 0.941 bits per heavy atom. The molecule has 0 heterocycles. The molecule has 1 aliphatic carbocycles. The summed E-state index contributed by atoms with van der Waals surface area (Å²) in [5, 5.41) is 0. The van der Waals surface area contributed by atoms with E-state index in [0.717, 1.165) is 4.47 Å². The summed E-state index contributed by atoms with van der Waals surface area (Å²) < 4.78 is 2.46. The second kappa shape index (κ2) is 3.82. The molecule has 0 fully saturated rings. The van der Waals surface area contributed by atoms with Crippen LogP contribution in [-0.2, 0) is 5.41 Å². The minimum atomic E-state index is 0.118. The first kappa shape index (κ1) is 11.7. The second-order valence-electron chi connectivity index (χ2n) is 5.00. The van der Waals surface area contributed by atoms with Gasteiger partial charge in [0.05, 0.1) is 0 Å². The lowest BCUT2D eigenvalue weighted by Crippen LogP contribution is -2.14. The molecule has 1 aliphatic rings. The standard InChI is InChI=1S/C15H12BrI/c1-15(2)13-6-3-9(16)7-12(13)11-5-4-10(17)8-14(11)15/h3-8H,1-2H3. The zero-order valence-corrected chi connectivity index (χ0v) is 13.5. The summed E-state index contributed by atoms with van der Waals surface area (Å²) in [5.41, 5.74) is 5.74. The number of rotatable bonds is 0. The third-order valence-corrected chi connectivity index (χ3v) is 4.76. The molecule has 0 saturated heterocycles. The summed E-state index contributed by atoms with van der Waals surface area (Å²) in [4.78, 5) is 0. The van der Waals surface area contributed by atoms with Crippen molar-refractivity contribution in [3.05, 3.63) is 55.6 Å². The Bertz CT molecular complexity index is 614. The molecule has 2 aromatic rings. The highest BCUT2D eigenvalue weighted by Gasteiger charge is 2.35. The third kappa shape index (κ3) is 1.68. The molecule has 0 spiro atoms. The Balaban J connectivity index is 2.38. The van der Waals surface area contributed by atoms with E-state index in [1.807, 2.05) is 0 Å². The van der Waals surface area contributed by atoms with E-state index >= 15 is 0 Å². The predicted molar refractivity (Wildman–Crippen MR) is 84.4 cm³/mol. The summed E-state index contributed by atoms with van der Waals surface area (Å²) in [6, 6.07) is 13.4. The van der Waals surface area contributed by atoms with Crippen molar-refractivity contribution in [2.75, 3.05) is 0 Å². The van der Waals surface area contributed by atoms with Gasteiger partial charge in [0.15, 0.2) is 0 Å². The molecule has 0 unspecified atom stereocenters. The van der Waals surface area contributed by atoms with Gasteiger partial charge < -0.3 is 0 Å². The maximum Gasteiger partial charge on any atom is 0.0181 e. The number of halogens is 2. The van der Waals surface area contributed by atoms with Crippen LogP contribution in [-0.4, -0.2) is 0 Å². The van der Waals surface area contributed by atoms with Gasteiger partial charge in [-0.1, -0.05) is 41.9 Å². The molecule has 0 N–H and O–H groups in total. The zero-order valence-electron chi connectivity index (χ0n) is 9.72. The molecule has 17 heavy (non-hydrogen) atoms. The van der Waals surface area contributed by atoms with Gasteiger partial charge in [-0.3, -0.25) is 0 Å². The molecular formula is C15H12BrI. The van der Waals surface area contributed by atoms with Crippen molar-refractivity contribution >= 4 is 38.5 Å². The molecule has 2 heteroatoms. The summed E-state index contributed by atoms with van der Waals surface area (Å²) in [7, 11) is 0. The fourth-order valence-corrected chi connectivity index (χ4v) is 3.55. The second-order valence-corrected chi connectivity index (χ2v) is 7.17. The number of hydrogen-bond donors (Lipinski definition) is 0. The molecule has 0 radical (unpaired) electrons. The summed E-state index contributed by atoms with van der Waals surface area (Å²) in [5.74, 6) is 0. The largest absolute Gasteiger partial charge is 0.0564 e. The minimum absolute atomic E-state index is 0.118. The normalized spacial score (nSPS) is 15.5. The maximum atomic E-state index is 3.57. The first-order valence-corrected chi connectivity index (χ1v) is 7.48. The summed E-state index contributed by atoms with van der Waals surface area (Å²) in [6.45, 7) is 4.61. The minimum Gasteiger partial charge on any atom is -0.0564 e. The Morgan fingerprint density at radius 3 is 2.47 bits per heavy atom. The Morgan fingerprint density at radius 2 is 1.71 bits per heavy atom. The molecular weight excluding hydrogens is 387 g/mol. The lowest BCUT2D eigenvalue weighted by Gasteiger charge is -2.21. The van der Waals surface area contributed by atoms with Gasteiger partial charge in [0.2, 0.25) is 0 Å². The highest BCUT2D eigenvalue weighted by molar-refractivity contribution is 14.1. The van der Waals surface area contributed by atoms with Crippen LogP contribution in [0.5, 0.6) is 0 Å². The average molecular weight is 399 g/mol. The fourth-order valence-electron chi connectivity index (χ4n) is 2.70. The van der Waals surface area contributed by atoms with Crippen molar-refractivity contribution in [1.82, 2.24) is 0 Å². The number of benzene rings is 2. The van der Waals surface area contributed by atoms with Crippen LogP contribution in [0.15, 0.2) is 40.9 Å². The van der Waals surface area contributed by atoms with Crippen LogP contribution in [0.4, 0.5) is 0 Å². The maximum absolute atomic E-state index is 3.57. The molecule has 2 aromatic carbocycles. The first-order valence-electron chi connectivity index (χ1n) is 5.60. The lowest BCUT2D eigenvalue weighted by atomic mass is 9.82. The van der Waals surface area contributed by atoms with Gasteiger partial charge in [-0.2, -0.15) is 0 Å². The number of fused-ring (bicyclic) bond motifs is 3. The molecule has 3 rings (SSSR count). The van der Waals surface area contributed by atoms with Gasteiger partial charge in [0.25, 0.3) is 0 Å². The van der Waals surface area contributed by atoms with Crippen molar-refractivity contribution in [3.8, 4) is 11.1 Å². The summed E-state index contributed by atoms with van der Waals surface area (Å²) >= 11 is 5.95. The molecule has 0 aliphatic heterocycles. The molecule has 0 saturated carbocycles. The van der Waals surface area contributed by atoms with Crippen LogP contribution in [0.25, 0.3) is 11.1 Å². The van der Waals surface area contributed by atoms with Crippen LogP contribution in [0, 0.1) is 3.57 Å². The van der Waals surface area contributed by atoms with Gasteiger partial charge in [-0.25, -0.2) is 0 Å². The molecule has 0 nitrogen and oxygen atoms in total.